The van der Waals surface area contributed by atoms with E-state index in [-0.39, 0.29) is 43.7 Å². The molecule has 0 bridgehead atoms. The molecule has 5 rings (SSSR count). The van der Waals surface area contributed by atoms with E-state index in [2.05, 4.69) is 15.0 Å². The first-order valence-electron chi connectivity index (χ1n) is 9.57. The summed E-state index contributed by atoms with van der Waals surface area (Å²) in [5.41, 5.74) is -2.09. The number of H-pyrrole nitrogens is 1. The Hall–Kier alpha value is -2.85. The zero-order valence-electron chi connectivity index (χ0n) is 16.1. The number of hydrogen-bond donors (Lipinski definition) is 1. The van der Waals surface area contributed by atoms with E-state index in [0.717, 1.165) is 37.4 Å². The summed E-state index contributed by atoms with van der Waals surface area (Å²) in [6, 6.07) is 1.78. The minimum atomic E-state index is -4.67. The minimum absolute atomic E-state index is 0.0136. The van der Waals surface area contributed by atoms with Crippen molar-refractivity contribution >= 4 is 34.2 Å². The van der Waals surface area contributed by atoms with Crippen LogP contribution in [0.4, 0.5) is 17.6 Å². The lowest BCUT2D eigenvalue weighted by Crippen LogP contribution is -2.27. The zero-order chi connectivity index (χ0) is 22.8. The van der Waals surface area contributed by atoms with Gasteiger partial charge in [0.2, 0.25) is 0 Å². The van der Waals surface area contributed by atoms with Crippen LogP contribution in [0.25, 0.3) is 33.5 Å². The van der Waals surface area contributed by atoms with Crippen LogP contribution in [-0.4, -0.2) is 24.3 Å². The predicted molar refractivity (Wildman–Crippen MR) is 111 cm³/mol. The molecule has 0 fully saturated rings. The third-order valence-corrected chi connectivity index (χ3v) is 6.14. The van der Waals surface area contributed by atoms with Gasteiger partial charge in [-0.2, -0.15) is 13.2 Å². The van der Waals surface area contributed by atoms with Crippen molar-refractivity contribution in [1.82, 2.24) is 24.3 Å². The highest BCUT2D eigenvalue weighted by atomic mass is 35.5. The van der Waals surface area contributed by atoms with Crippen LogP contribution in [0.3, 0.4) is 0 Å². The molecule has 4 heterocycles. The molecule has 6 nitrogen and oxygen atoms in total. The van der Waals surface area contributed by atoms with Crippen LogP contribution >= 0.6 is 23.2 Å². The topological polar surface area (TPSA) is 68.5 Å². The van der Waals surface area contributed by atoms with E-state index in [0.29, 0.717) is 13.1 Å². The van der Waals surface area contributed by atoms with Crippen molar-refractivity contribution in [1.29, 1.82) is 0 Å². The molecule has 1 aliphatic heterocycles. The quantitative estimate of drug-likeness (QED) is 0.380. The Kier molecular flexibility index (Phi) is 4.82. The number of nitrogens with one attached hydrogen (secondary N) is 1. The van der Waals surface area contributed by atoms with Gasteiger partial charge in [-0.25, -0.2) is 14.1 Å². The number of alkyl halides is 3. The van der Waals surface area contributed by atoms with Gasteiger partial charge in [0, 0.05) is 31.0 Å². The predicted octanol–water partition coefficient (Wildman–Crippen LogP) is 5.51. The third-order valence-electron chi connectivity index (χ3n) is 5.47. The molecule has 0 saturated carbocycles. The summed E-state index contributed by atoms with van der Waals surface area (Å²) in [6.45, 7) is 0.918. The molecule has 3 aromatic heterocycles. The van der Waals surface area contributed by atoms with Gasteiger partial charge in [-0.3, -0.25) is 14.5 Å². The molecule has 1 N–H and O–H groups in total. The average Bonchev–Trinajstić information content (AvgIpc) is 3.30. The first-order valence-corrected chi connectivity index (χ1v) is 10.3. The van der Waals surface area contributed by atoms with Crippen LogP contribution in [0.5, 0.6) is 0 Å². The minimum Gasteiger partial charge on any atom is -0.337 e. The number of hydrogen-bond acceptors (Lipinski definition) is 3. The monoisotopic (exact) mass is 485 g/mol. The van der Waals surface area contributed by atoms with E-state index in [1.54, 1.807) is 4.68 Å². The Morgan fingerprint density at radius 3 is 2.50 bits per heavy atom. The Morgan fingerprint density at radius 1 is 1.09 bits per heavy atom. The number of benzene rings is 1. The first kappa shape index (κ1) is 21.0. The molecule has 0 radical (unpaired) electrons. The van der Waals surface area contributed by atoms with E-state index in [9.17, 15) is 18.0 Å². The molecule has 0 saturated heterocycles. The lowest BCUT2D eigenvalue weighted by molar-refractivity contribution is -0.137. The van der Waals surface area contributed by atoms with E-state index >= 15 is 4.39 Å². The van der Waals surface area contributed by atoms with Crippen LogP contribution in [0.1, 0.15) is 18.4 Å². The first-order chi connectivity index (χ1) is 15.2. The highest BCUT2D eigenvalue weighted by Crippen LogP contribution is 2.40. The second kappa shape index (κ2) is 7.35. The Labute approximate surface area is 187 Å². The number of imidazole rings is 1. The van der Waals surface area contributed by atoms with E-state index in [1.807, 2.05) is 0 Å². The average molecular weight is 486 g/mol. The molecule has 1 aromatic carbocycles. The number of fused-ring (bicyclic) bond motifs is 2. The zero-order valence-corrected chi connectivity index (χ0v) is 17.6. The number of aromatic nitrogens is 5. The fourth-order valence-electron chi connectivity index (χ4n) is 4.04. The molecule has 1 aliphatic rings. The van der Waals surface area contributed by atoms with E-state index < -0.39 is 23.1 Å². The molecule has 0 spiro atoms. The van der Waals surface area contributed by atoms with Gasteiger partial charge in [0.05, 0.1) is 27.2 Å². The fraction of sp³-hybridized carbons (Fsp3) is 0.250. The van der Waals surface area contributed by atoms with E-state index in [4.69, 9.17) is 23.2 Å². The van der Waals surface area contributed by atoms with Crippen molar-refractivity contribution < 1.29 is 17.6 Å². The van der Waals surface area contributed by atoms with Crippen molar-refractivity contribution in [3.8, 4) is 22.5 Å². The maximum atomic E-state index is 15.1. The number of rotatable bonds is 2. The van der Waals surface area contributed by atoms with Gasteiger partial charge >= 0.3 is 6.18 Å². The van der Waals surface area contributed by atoms with Crippen LogP contribution in [-0.2, 0) is 19.3 Å². The molecule has 0 amide bonds. The maximum absolute atomic E-state index is 15.1. The third kappa shape index (κ3) is 3.12. The summed E-state index contributed by atoms with van der Waals surface area (Å²) in [6.07, 6.45) is -1.07. The van der Waals surface area contributed by atoms with Gasteiger partial charge in [-0.1, -0.05) is 23.2 Å². The lowest BCUT2D eigenvalue weighted by Gasteiger charge is -2.17. The second-order valence-electron chi connectivity index (χ2n) is 7.37. The highest BCUT2D eigenvalue weighted by molar-refractivity contribution is 6.36. The molecule has 0 aliphatic carbocycles. The Morgan fingerprint density at radius 2 is 1.81 bits per heavy atom. The normalized spacial score (nSPS) is 14.2. The SMILES string of the molecule is O=c1c(-c2c(F)cc(Cl)c3nc(-c4cnccc4C(F)(F)F)[nH]c23)c(Cl)n2n1CCCC2. The van der Waals surface area contributed by atoms with Crippen LogP contribution < -0.4 is 5.56 Å². The molecule has 0 unspecified atom stereocenters. The number of nitrogens with zero attached hydrogens (tertiary/aromatic N) is 4. The molecular weight excluding hydrogens is 473 g/mol. The Bertz CT molecular complexity index is 1440. The number of pyridine rings is 1. The van der Waals surface area contributed by atoms with Crippen LogP contribution in [0.2, 0.25) is 10.2 Å². The summed E-state index contributed by atoms with van der Waals surface area (Å²) < 4.78 is 58.6. The van der Waals surface area contributed by atoms with Crippen LogP contribution in [0, 0.1) is 5.82 Å². The van der Waals surface area contributed by atoms with Gasteiger partial charge in [0.1, 0.15) is 22.3 Å². The van der Waals surface area contributed by atoms with Gasteiger partial charge < -0.3 is 4.98 Å². The van der Waals surface area contributed by atoms with Crippen molar-refractivity contribution in [3.05, 3.63) is 56.4 Å². The summed E-state index contributed by atoms with van der Waals surface area (Å²) in [7, 11) is 0. The summed E-state index contributed by atoms with van der Waals surface area (Å²) in [5.74, 6) is -1.06. The van der Waals surface area contributed by atoms with Crippen molar-refractivity contribution in [2.75, 3.05) is 0 Å². The molecule has 0 atom stereocenters. The summed E-state index contributed by atoms with van der Waals surface area (Å²) in [4.78, 5) is 23.7. The molecule has 4 aromatic rings. The summed E-state index contributed by atoms with van der Waals surface area (Å²) in [5, 5.41) is -0.0767. The lowest BCUT2D eigenvalue weighted by atomic mass is 10.1. The van der Waals surface area contributed by atoms with Crippen molar-refractivity contribution in [2.45, 2.75) is 32.1 Å². The van der Waals surface area contributed by atoms with Gasteiger partial charge in [-0.05, 0) is 25.0 Å². The van der Waals surface area contributed by atoms with Gasteiger partial charge in [-0.15, -0.1) is 0 Å². The van der Waals surface area contributed by atoms with Gasteiger partial charge in [0.15, 0.2) is 0 Å². The smallest absolute Gasteiger partial charge is 0.337 e. The molecule has 12 heteroatoms. The standard InChI is InChI=1S/C20H13Cl2F4N5O/c21-11-7-12(23)13(14-17(22)30-5-1-2-6-31(30)19(14)32)16-15(11)28-18(29-16)9-8-27-4-3-10(9)20(24,25)26/h3-4,7-8H,1-2,5-6H2,(H,28,29). The summed E-state index contributed by atoms with van der Waals surface area (Å²) >= 11 is 12.6. The van der Waals surface area contributed by atoms with Crippen molar-refractivity contribution in [3.63, 3.8) is 0 Å². The largest absolute Gasteiger partial charge is 0.417 e. The highest BCUT2D eigenvalue weighted by Gasteiger charge is 2.35. The van der Waals surface area contributed by atoms with Gasteiger partial charge in [0.25, 0.3) is 5.56 Å². The number of aromatic amines is 1. The van der Waals surface area contributed by atoms with Crippen molar-refractivity contribution in [2.24, 2.45) is 0 Å². The number of halogens is 6. The van der Waals surface area contributed by atoms with E-state index in [1.165, 1.54) is 4.68 Å². The van der Waals surface area contributed by atoms with Crippen LogP contribution in [0.15, 0.2) is 29.3 Å². The fourth-order valence-corrected chi connectivity index (χ4v) is 4.62. The maximum Gasteiger partial charge on any atom is 0.417 e. The molecular formula is C20H13Cl2F4N5O. The molecule has 166 valence electrons. The molecule has 32 heavy (non-hydrogen) atoms. The Balaban J connectivity index is 1.81. The second-order valence-corrected chi connectivity index (χ2v) is 8.13.